The number of fused-ring (bicyclic) bond motifs is 1. The summed E-state index contributed by atoms with van der Waals surface area (Å²) in [5.41, 5.74) is 3.49. The SMILES string of the molecule is Cc1ccc(C(C)C)c(OCC(=O)N2CC(=O)Nc3ccccc32)c1. The average Bonchev–Trinajstić information content (AvgIpc) is 2.58. The zero-order valence-corrected chi connectivity index (χ0v) is 14.7. The molecule has 1 heterocycles. The maximum atomic E-state index is 12.7. The topological polar surface area (TPSA) is 58.6 Å². The zero-order chi connectivity index (χ0) is 18.0. The van der Waals surface area contributed by atoms with E-state index < -0.39 is 0 Å². The molecule has 0 saturated carbocycles. The van der Waals surface area contributed by atoms with Gasteiger partial charge in [-0.1, -0.05) is 38.1 Å². The fraction of sp³-hybridized carbons (Fsp3) is 0.300. The van der Waals surface area contributed by atoms with E-state index >= 15 is 0 Å². The maximum absolute atomic E-state index is 12.7. The van der Waals surface area contributed by atoms with E-state index in [0.29, 0.717) is 17.3 Å². The number of rotatable bonds is 4. The maximum Gasteiger partial charge on any atom is 0.265 e. The highest BCUT2D eigenvalue weighted by Crippen LogP contribution is 2.30. The van der Waals surface area contributed by atoms with Gasteiger partial charge >= 0.3 is 0 Å². The van der Waals surface area contributed by atoms with Crippen LogP contribution in [0.2, 0.25) is 0 Å². The lowest BCUT2D eigenvalue weighted by Gasteiger charge is -2.29. The van der Waals surface area contributed by atoms with Crippen molar-refractivity contribution in [1.82, 2.24) is 0 Å². The Kier molecular flexibility index (Phi) is 4.74. The van der Waals surface area contributed by atoms with Gasteiger partial charge in [0.15, 0.2) is 6.61 Å². The number of benzene rings is 2. The Hall–Kier alpha value is -2.82. The van der Waals surface area contributed by atoms with E-state index in [1.54, 1.807) is 6.07 Å². The summed E-state index contributed by atoms with van der Waals surface area (Å²) in [6.45, 7) is 6.06. The van der Waals surface area contributed by atoms with Crippen molar-refractivity contribution in [2.75, 3.05) is 23.4 Å². The number of nitrogens with zero attached hydrogens (tertiary/aromatic N) is 1. The van der Waals surface area contributed by atoms with Gasteiger partial charge in [0.25, 0.3) is 5.91 Å². The van der Waals surface area contributed by atoms with Gasteiger partial charge in [-0.05, 0) is 42.2 Å². The third-order valence-corrected chi connectivity index (χ3v) is 4.21. The molecule has 5 nitrogen and oxygen atoms in total. The number of amides is 2. The van der Waals surface area contributed by atoms with Crippen LogP contribution in [0.4, 0.5) is 11.4 Å². The summed E-state index contributed by atoms with van der Waals surface area (Å²) in [6, 6.07) is 13.3. The largest absolute Gasteiger partial charge is 0.483 e. The van der Waals surface area contributed by atoms with Gasteiger partial charge in [-0.2, -0.15) is 0 Å². The number of para-hydroxylation sites is 2. The average molecular weight is 338 g/mol. The molecular formula is C20H22N2O3. The molecule has 130 valence electrons. The van der Waals surface area contributed by atoms with Gasteiger partial charge in [-0.3, -0.25) is 14.5 Å². The molecule has 2 aromatic carbocycles. The first-order valence-corrected chi connectivity index (χ1v) is 8.38. The van der Waals surface area contributed by atoms with E-state index in [2.05, 4.69) is 19.2 Å². The van der Waals surface area contributed by atoms with Gasteiger partial charge in [0.2, 0.25) is 5.91 Å². The Morgan fingerprint density at radius 2 is 2.00 bits per heavy atom. The normalized spacial score (nSPS) is 13.4. The monoisotopic (exact) mass is 338 g/mol. The summed E-state index contributed by atoms with van der Waals surface area (Å²) < 4.78 is 5.82. The number of aryl methyl sites for hydroxylation is 1. The van der Waals surface area contributed by atoms with Crippen LogP contribution in [-0.2, 0) is 9.59 Å². The Labute approximate surface area is 147 Å². The lowest BCUT2D eigenvalue weighted by molar-refractivity contribution is -0.123. The standard InChI is InChI=1S/C20H22N2O3/c1-13(2)15-9-8-14(3)10-18(15)25-12-20(24)22-11-19(23)21-16-6-4-5-7-17(16)22/h4-10,13H,11-12H2,1-3H3,(H,21,23). The summed E-state index contributed by atoms with van der Waals surface area (Å²) in [7, 11) is 0. The fourth-order valence-corrected chi connectivity index (χ4v) is 2.92. The molecule has 1 N–H and O–H groups in total. The number of carbonyl (C=O) groups is 2. The van der Waals surface area contributed by atoms with Gasteiger partial charge in [0, 0.05) is 0 Å². The first-order chi connectivity index (χ1) is 12.0. The van der Waals surface area contributed by atoms with Crippen molar-refractivity contribution in [3.8, 4) is 5.75 Å². The molecule has 0 fully saturated rings. The number of anilines is 2. The molecule has 0 saturated heterocycles. The summed E-state index contributed by atoms with van der Waals surface area (Å²) in [6.07, 6.45) is 0. The molecular weight excluding hydrogens is 316 g/mol. The van der Waals surface area contributed by atoms with Gasteiger partial charge in [-0.25, -0.2) is 0 Å². The van der Waals surface area contributed by atoms with Crippen LogP contribution in [0.15, 0.2) is 42.5 Å². The second-order valence-electron chi connectivity index (χ2n) is 6.53. The second-order valence-corrected chi connectivity index (χ2v) is 6.53. The molecule has 0 radical (unpaired) electrons. The van der Waals surface area contributed by atoms with E-state index in [-0.39, 0.29) is 25.0 Å². The molecule has 5 heteroatoms. The Morgan fingerprint density at radius 3 is 2.76 bits per heavy atom. The van der Waals surface area contributed by atoms with Crippen LogP contribution < -0.4 is 15.0 Å². The number of hydrogen-bond acceptors (Lipinski definition) is 3. The van der Waals surface area contributed by atoms with Crippen LogP contribution in [-0.4, -0.2) is 25.0 Å². The molecule has 0 aliphatic carbocycles. The number of hydrogen-bond donors (Lipinski definition) is 1. The van der Waals surface area contributed by atoms with Gasteiger partial charge in [0.05, 0.1) is 11.4 Å². The van der Waals surface area contributed by atoms with Crippen molar-refractivity contribution in [1.29, 1.82) is 0 Å². The minimum atomic E-state index is -0.237. The molecule has 0 spiro atoms. The highest BCUT2D eigenvalue weighted by Gasteiger charge is 2.27. The molecule has 0 atom stereocenters. The Morgan fingerprint density at radius 1 is 1.24 bits per heavy atom. The van der Waals surface area contributed by atoms with Gasteiger partial charge < -0.3 is 10.1 Å². The number of carbonyl (C=O) groups excluding carboxylic acids is 2. The quantitative estimate of drug-likeness (QED) is 0.928. The molecule has 25 heavy (non-hydrogen) atoms. The molecule has 0 unspecified atom stereocenters. The van der Waals surface area contributed by atoms with E-state index in [1.807, 2.05) is 43.3 Å². The molecule has 0 aromatic heterocycles. The van der Waals surface area contributed by atoms with Crippen molar-refractivity contribution in [3.05, 3.63) is 53.6 Å². The van der Waals surface area contributed by atoms with E-state index in [1.165, 1.54) is 4.90 Å². The van der Waals surface area contributed by atoms with Crippen LogP contribution in [0.25, 0.3) is 0 Å². The van der Waals surface area contributed by atoms with Gasteiger partial charge in [0.1, 0.15) is 12.3 Å². The molecule has 1 aliphatic rings. The number of nitrogens with one attached hydrogen (secondary N) is 1. The minimum Gasteiger partial charge on any atom is -0.483 e. The van der Waals surface area contributed by atoms with Crippen molar-refractivity contribution < 1.29 is 14.3 Å². The molecule has 2 aromatic rings. The molecule has 1 aliphatic heterocycles. The van der Waals surface area contributed by atoms with Crippen molar-refractivity contribution in [2.24, 2.45) is 0 Å². The lowest BCUT2D eigenvalue weighted by atomic mass is 10.0. The van der Waals surface area contributed by atoms with Crippen LogP contribution in [0.1, 0.15) is 30.9 Å². The lowest BCUT2D eigenvalue weighted by Crippen LogP contribution is -2.44. The smallest absolute Gasteiger partial charge is 0.265 e. The third-order valence-electron chi connectivity index (χ3n) is 4.21. The third kappa shape index (κ3) is 3.65. The first-order valence-electron chi connectivity index (χ1n) is 8.38. The van der Waals surface area contributed by atoms with Crippen molar-refractivity contribution in [2.45, 2.75) is 26.7 Å². The molecule has 0 bridgehead atoms. The first kappa shape index (κ1) is 17.0. The highest BCUT2D eigenvalue weighted by atomic mass is 16.5. The highest BCUT2D eigenvalue weighted by molar-refractivity contribution is 6.10. The van der Waals surface area contributed by atoms with Crippen molar-refractivity contribution >= 4 is 23.2 Å². The predicted molar refractivity (Wildman–Crippen MR) is 98.2 cm³/mol. The van der Waals surface area contributed by atoms with E-state index in [0.717, 1.165) is 16.9 Å². The second kappa shape index (κ2) is 6.97. The van der Waals surface area contributed by atoms with Crippen LogP contribution in [0.5, 0.6) is 5.75 Å². The van der Waals surface area contributed by atoms with Crippen LogP contribution >= 0.6 is 0 Å². The van der Waals surface area contributed by atoms with E-state index in [9.17, 15) is 9.59 Å². The summed E-state index contributed by atoms with van der Waals surface area (Å²) in [4.78, 5) is 26.0. The summed E-state index contributed by atoms with van der Waals surface area (Å²) in [5.74, 6) is 0.578. The molecule has 3 rings (SSSR count). The number of ether oxygens (including phenoxy) is 1. The van der Waals surface area contributed by atoms with Gasteiger partial charge in [-0.15, -0.1) is 0 Å². The Bertz CT molecular complexity index is 814. The summed E-state index contributed by atoms with van der Waals surface area (Å²) in [5, 5.41) is 2.78. The van der Waals surface area contributed by atoms with Crippen molar-refractivity contribution in [3.63, 3.8) is 0 Å². The van der Waals surface area contributed by atoms with Crippen LogP contribution in [0.3, 0.4) is 0 Å². The zero-order valence-electron chi connectivity index (χ0n) is 14.7. The summed E-state index contributed by atoms with van der Waals surface area (Å²) >= 11 is 0. The predicted octanol–water partition coefficient (Wildman–Crippen LogP) is 3.48. The Balaban J connectivity index is 1.78. The van der Waals surface area contributed by atoms with Crippen LogP contribution in [0, 0.1) is 6.92 Å². The minimum absolute atomic E-state index is 0.00403. The fourth-order valence-electron chi connectivity index (χ4n) is 2.92. The van der Waals surface area contributed by atoms with E-state index in [4.69, 9.17) is 4.74 Å². The molecule has 2 amide bonds.